The van der Waals surface area contributed by atoms with E-state index >= 15 is 0 Å². The van der Waals surface area contributed by atoms with Crippen LogP contribution in [0.5, 0.6) is 0 Å². The lowest BCUT2D eigenvalue weighted by Crippen LogP contribution is -2.48. The van der Waals surface area contributed by atoms with Crippen LogP contribution in [0.15, 0.2) is 11.7 Å². The third-order valence-corrected chi connectivity index (χ3v) is 4.54. The molecule has 5 nitrogen and oxygen atoms in total. The molecule has 0 unspecified atom stereocenters. The minimum absolute atomic E-state index is 0.0803. The van der Waals surface area contributed by atoms with Crippen LogP contribution in [0.3, 0.4) is 0 Å². The van der Waals surface area contributed by atoms with Crippen LogP contribution in [0.4, 0.5) is 0 Å². The SMILES string of the molecule is CO[C@@H]1CCCC[C@@H](N(C)C(=O)c2cncs2)[C@H]1O. The first-order valence-electron chi connectivity index (χ1n) is 6.51. The summed E-state index contributed by atoms with van der Waals surface area (Å²) in [5.41, 5.74) is 1.64. The number of hydrogen-bond donors (Lipinski definition) is 1. The fourth-order valence-corrected chi connectivity index (χ4v) is 3.22. The van der Waals surface area contributed by atoms with Crippen LogP contribution in [-0.2, 0) is 4.74 Å². The number of thiazole rings is 1. The van der Waals surface area contributed by atoms with E-state index in [1.165, 1.54) is 11.3 Å². The van der Waals surface area contributed by atoms with Gasteiger partial charge in [0.25, 0.3) is 5.91 Å². The summed E-state index contributed by atoms with van der Waals surface area (Å²) >= 11 is 1.32. The van der Waals surface area contributed by atoms with Gasteiger partial charge >= 0.3 is 0 Å². The number of aliphatic hydroxyl groups is 1. The number of aliphatic hydroxyl groups excluding tert-OH is 1. The molecule has 0 spiro atoms. The first-order chi connectivity index (χ1) is 9.15. The first-order valence-corrected chi connectivity index (χ1v) is 7.39. The van der Waals surface area contributed by atoms with Crippen LogP contribution in [0.1, 0.15) is 35.4 Å². The van der Waals surface area contributed by atoms with Crippen molar-refractivity contribution < 1.29 is 14.6 Å². The zero-order valence-corrected chi connectivity index (χ0v) is 12.1. The van der Waals surface area contributed by atoms with E-state index in [4.69, 9.17) is 4.74 Å². The molecule has 106 valence electrons. The number of aromatic nitrogens is 1. The van der Waals surface area contributed by atoms with Crippen molar-refractivity contribution >= 4 is 17.2 Å². The van der Waals surface area contributed by atoms with Crippen LogP contribution < -0.4 is 0 Å². The van der Waals surface area contributed by atoms with Gasteiger partial charge in [0.05, 0.1) is 23.9 Å². The molecule has 1 aromatic rings. The summed E-state index contributed by atoms with van der Waals surface area (Å²) in [5.74, 6) is -0.0803. The number of nitrogens with zero attached hydrogens (tertiary/aromatic N) is 2. The summed E-state index contributed by atoms with van der Waals surface area (Å²) in [7, 11) is 3.36. The minimum atomic E-state index is -0.630. The van der Waals surface area contributed by atoms with Gasteiger partial charge in [-0.05, 0) is 12.8 Å². The predicted molar refractivity (Wildman–Crippen MR) is 73.3 cm³/mol. The molecule has 6 heteroatoms. The second kappa shape index (κ2) is 6.45. The molecular weight excluding hydrogens is 264 g/mol. The smallest absolute Gasteiger partial charge is 0.265 e. The van der Waals surface area contributed by atoms with Crippen LogP contribution in [0.25, 0.3) is 0 Å². The maximum absolute atomic E-state index is 12.3. The van der Waals surface area contributed by atoms with E-state index in [0.717, 1.165) is 25.7 Å². The van der Waals surface area contributed by atoms with E-state index in [1.807, 2.05) is 0 Å². The van der Waals surface area contributed by atoms with E-state index in [1.54, 1.807) is 30.8 Å². The van der Waals surface area contributed by atoms with Gasteiger partial charge in [-0.15, -0.1) is 11.3 Å². The lowest BCUT2D eigenvalue weighted by atomic mass is 10.0. The van der Waals surface area contributed by atoms with Crippen LogP contribution >= 0.6 is 11.3 Å². The molecule has 1 aliphatic carbocycles. The van der Waals surface area contributed by atoms with Gasteiger partial charge in [-0.25, -0.2) is 0 Å². The van der Waals surface area contributed by atoms with Crippen LogP contribution in [-0.4, -0.2) is 53.3 Å². The fourth-order valence-electron chi connectivity index (χ4n) is 2.61. The second-order valence-corrected chi connectivity index (χ2v) is 5.78. The van der Waals surface area contributed by atoms with Crippen molar-refractivity contribution in [3.8, 4) is 0 Å². The summed E-state index contributed by atoms with van der Waals surface area (Å²) in [6, 6.07) is -0.193. The van der Waals surface area contributed by atoms with E-state index in [2.05, 4.69) is 4.98 Å². The Bertz CT molecular complexity index is 410. The molecule has 1 saturated carbocycles. The largest absolute Gasteiger partial charge is 0.388 e. The maximum atomic E-state index is 12.3. The number of ether oxygens (including phenoxy) is 1. The molecule has 1 heterocycles. The highest BCUT2D eigenvalue weighted by molar-refractivity contribution is 7.11. The van der Waals surface area contributed by atoms with Gasteiger partial charge in [0.15, 0.2) is 0 Å². The first kappa shape index (κ1) is 14.4. The minimum Gasteiger partial charge on any atom is -0.388 e. The van der Waals surface area contributed by atoms with Gasteiger partial charge < -0.3 is 14.7 Å². The Labute approximate surface area is 117 Å². The highest BCUT2D eigenvalue weighted by atomic mass is 32.1. The molecule has 3 atom stereocenters. The summed E-state index contributed by atoms with van der Waals surface area (Å²) < 4.78 is 5.34. The Morgan fingerprint density at radius 3 is 2.89 bits per heavy atom. The van der Waals surface area contributed by atoms with Crippen molar-refractivity contribution in [2.75, 3.05) is 14.2 Å². The molecule has 1 aliphatic rings. The van der Waals surface area contributed by atoms with Gasteiger partial charge in [0.2, 0.25) is 0 Å². The van der Waals surface area contributed by atoms with Crippen molar-refractivity contribution in [3.05, 3.63) is 16.6 Å². The molecule has 1 N–H and O–H groups in total. The molecule has 19 heavy (non-hydrogen) atoms. The molecule has 2 rings (SSSR count). The van der Waals surface area contributed by atoms with E-state index < -0.39 is 6.10 Å². The summed E-state index contributed by atoms with van der Waals surface area (Å²) in [4.78, 5) is 18.5. The van der Waals surface area contributed by atoms with Crippen molar-refractivity contribution in [2.45, 2.75) is 43.9 Å². The Hall–Kier alpha value is -0.980. The number of likely N-dealkylation sites (N-methyl/N-ethyl adjacent to an activating group) is 1. The number of amides is 1. The summed E-state index contributed by atoms with van der Waals surface area (Å²) in [6.07, 6.45) is 4.43. The van der Waals surface area contributed by atoms with Crippen molar-refractivity contribution in [1.29, 1.82) is 0 Å². The zero-order valence-electron chi connectivity index (χ0n) is 11.3. The molecular formula is C13H20N2O3S. The lowest BCUT2D eigenvalue weighted by Gasteiger charge is -2.33. The molecule has 0 radical (unpaired) electrons. The summed E-state index contributed by atoms with van der Waals surface area (Å²) in [5, 5.41) is 10.4. The van der Waals surface area contributed by atoms with Crippen LogP contribution in [0, 0.1) is 0 Å². The van der Waals surface area contributed by atoms with Gasteiger partial charge in [-0.2, -0.15) is 0 Å². The number of methoxy groups -OCH3 is 1. The maximum Gasteiger partial charge on any atom is 0.265 e. The quantitative estimate of drug-likeness (QED) is 0.855. The average molecular weight is 284 g/mol. The van der Waals surface area contributed by atoms with Crippen molar-refractivity contribution in [2.24, 2.45) is 0 Å². The number of carbonyl (C=O) groups is 1. The summed E-state index contributed by atoms with van der Waals surface area (Å²) in [6.45, 7) is 0. The average Bonchev–Trinajstić information content (AvgIpc) is 2.88. The monoisotopic (exact) mass is 284 g/mol. The molecule has 1 aromatic heterocycles. The van der Waals surface area contributed by atoms with Gasteiger partial charge in [0.1, 0.15) is 11.0 Å². The Morgan fingerprint density at radius 2 is 2.26 bits per heavy atom. The molecule has 1 amide bonds. The molecule has 0 aliphatic heterocycles. The highest BCUT2D eigenvalue weighted by Gasteiger charge is 2.35. The van der Waals surface area contributed by atoms with Crippen LogP contribution in [0.2, 0.25) is 0 Å². The normalized spacial score (nSPS) is 27.8. The second-order valence-electron chi connectivity index (χ2n) is 4.90. The van der Waals surface area contributed by atoms with Crippen molar-refractivity contribution in [3.63, 3.8) is 0 Å². The standard InChI is InChI=1S/C13H20N2O3S/c1-15(13(17)11-7-14-8-19-11)9-5-3-4-6-10(18-2)12(9)16/h7-10,12,16H,3-6H2,1-2H3/t9-,10-,12-/m1/s1. The highest BCUT2D eigenvalue weighted by Crippen LogP contribution is 2.25. The third kappa shape index (κ3) is 3.13. The van der Waals surface area contributed by atoms with E-state index in [-0.39, 0.29) is 18.1 Å². The molecule has 0 aromatic carbocycles. The van der Waals surface area contributed by atoms with E-state index in [0.29, 0.717) is 4.88 Å². The van der Waals surface area contributed by atoms with E-state index in [9.17, 15) is 9.90 Å². The van der Waals surface area contributed by atoms with Gasteiger partial charge in [-0.1, -0.05) is 12.8 Å². The topological polar surface area (TPSA) is 62.7 Å². The Morgan fingerprint density at radius 1 is 1.53 bits per heavy atom. The van der Waals surface area contributed by atoms with Gasteiger partial charge in [0, 0.05) is 14.2 Å². The Balaban J connectivity index is 2.12. The predicted octanol–water partition coefficient (Wildman–Crippen LogP) is 1.53. The zero-order chi connectivity index (χ0) is 13.8. The molecule has 0 saturated heterocycles. The molecule has 1 fully saturated rings. The number of hydrogen-bond acceptors (Lipinski definition) is 5. The third-order valence-electron chi connectivity index (χ3n) is 3.78. The lowest BCUT2D eigenvalue weighted by molar-refractivity contribution is -0.0462. The number of rotatable bonds is 3. The number of carbonyl (C=O) groups excluding carboxylic acids is 1. The fraction of sp³-hybridized carbons (Fsp3) is 0.692. The Kier molecular flexibility index (Phi) is 4.90. The van der Waals surface area contributed by atoms with Crippen molar-refractivity contribution in [1.82, 2.24) is 9.88 Å². The molecule has 0 bridgehead atoms. The van der Waals surface area contributed by atoms with Gasteiger partial charge in [-0.3, -0.25) is 9.78 Å².